The van der Waals surface area contributed by atoms with Gasteiger partial charge < -0.3 is 15.2 Å². The van der Waals surface area contributed by atoms with E-state index in [9.17, 15) is 0 Å². The Balaban J connectivity index is 0.00000312. The van der Waals surface area contributed by atoms with E-state index in [4.69, 9.17) is 16.1 Å². The fourth-order valence-corrected chi connectivity index (χ4v) is 2.02. The van der Waals surface area contributed by atoms with E-state index in [1.807, 2.05) is 52.0 Å². The summed E-state index contributed by atoms with van der Waals surface area (Å²) in [6.45, 7) is 9.91. The lowest BCUT2D eigenvalue weighted by atomic mass is 9.97. The minimum atomic E-state index is -0.154. The molecule has 138 valence electrons. The molecule has 8 heteroatoms. The first kappa shape index (κ1) is 21.7. The van der Waals surface area contributed by atoms with Crippen molar-refractivity contribution in [2.45, 2.75) is 46.2 Å². The molecule has 0 unspecified atom stereocenters. The molecule has 0 aliphatic heterocycles. The molecule has 6 nitrogen and oxygen atoms in total. The van der Waals surface area contributed by atoms with Crippen molar-refractivity contribution in [3.8, 4) is 0 Å². The Kier molecular flexibility index (Phi) is 8.64. The third-order valence-electron chi connectivity index (χ3n) is 3.20. The van der Waals surface area contributed by atoms with E-state index in [1.165, 1.54) is 0 Å². The summed E-state index contributed by atoms with van der Waals surface area (Å²) in [6.07, 6.45) is 0. The highest BCUT2D eigenvalue weighted by atomic mass is 127. The first-order chi connectivity index (χ1) is 11.4. The lowest BCUT2D eigenvalue weighted by Crippen LogP contribution is -2.37. The number of halogens is 2. The van der Waals surface area contributed by atoms with E-state index in [1.54, 1.807) is 0 Å². The fourth-order valence-electron chi connectivity index (χ4n) is 1.90. The molecule has 0 aliphatic carbocycles. The molecule has 0 bridgehead atoms. The zero-order chi connectivity index (χ0) is 17.6. The van der Waals surface area contributed by atoms with Crippen molar-refractivity contribution in [3.05, 3.63) is 46.6 Å². The van der Waals surface area contributed by atoms with E-state index >= 15 is 0 Å². The zero-order valence-corrected chi connectivity index (χ0v) is 18.1. The number of hydrogen-bond acceptors (Lipinski definition) is 4. The van der Waals surface area contributed by atoms with Crippen molar-refractivity contribution in [1.29, 1.82) is 0 Å². The van der Waals surface area contributed by atoms with Crippen LogP contribution in [0.25, 0.3) is 0 Å². The molecule has 1 aromatic carbocycles. The molecule has 25 heavy (non-hydrogen) atoms. The van der Waals surface area contributed by atoms with Gasteiger partial charge in [0.25, 0.3) is 0 Å². The van der Waals surface area contributed by atoms with E-state index < -0.39 is 0 Å². The van der Waals surface area contributed by atoms with Gasteiger partial charge in [-0.05, 0) is 24.6 Å². The molecular weight excluding hydrogens is 453 g/mol. The molecule has 0 fully saturated rings. The maximum Gasteiger partial charge on any atom is 0.232 e. The van der Waals surface area contributed by atoms with Crippen LogP contribution in [0.15, 0.2) is 33.8 Å². The number of nitrogens with one attached hydrogen (secondary N) is 2. The smallest absolute Gasteiger partial charge is 0.232 e. The number of nitrogens with zero attached hydrogens (tertiary/aromatic N) is 3. The maximum atomic E-state index is 5.89. The van der Waals surface area contributed by atoms with Crippen molar-refractivity contribution in [3.63, 3.8) is 0 Å². The number of guanidine groups is 1. The summed E-state index contributed by atoms with van der Waals surface area (Å²) in [4.78, 5) is 8.95. The maximum absolute atomic E-state index is 5.89. The average molecular weight is 478 g/mol. The van der Waals surface area contributed by atoms with Crippen molar-refractivity contribution >= 4 is 41.5 Å². The summed E-state index contributed by atoms with van der Waals surface area (Å²) in [5, 5.41) is 11.1. The predicted molar refractivity (Wildman–Crippen MR) is 112 cm³/mol. The van der Waals surface area contributed by atoms with Crippen LogP contribution in [0.5, 0.6) is 0 Å². The normalized spacial score (nSPS) is 11.8. The fraction of sp³-hybridized carbons (Fsp3) is 0.471. The summed E-state index contributed by atoms with van der Waals surface area (Å²) in [5.74, 6) is 1.94. The second-order valence-electron chi connectivity index (χ2n) is 6.44. The SMILES string of the molecule is CCNC(=NCc1ccc(Cl)cc1)NCc1noc(C(C)(C)C)n1.I. The zero-order valence-electron chi connectivity index (χ0n) is 15.0. The third-order valence-corrected chi connectivity index (χ3v) is 3.45. The minimum Gasteiger partial charge on any atom is -0.357 e. The van der Waals surface area contributed by atoms with Crippen molar-refractivity contribution in [1.82, 2.24) is 20.8 Å². The average Bonchev–Trinajstić information content (AvgIpc) is 3.01. The van der Waals surface area contributed by atoms with Gasteiger partial charge in [-0.1, -0.05) is 49.7 Å². The third kappa shape index (κ3) is 7.19. The predicted octanol–water partition coefficient (Wildman–Crippen LogP) is 3.89. The summed E-state index contributed by atoms with van der Waals surface area (Å²) in [7, 11) is 0. The molecule has 0 amide bonds. The Hall–Kier alpha value is -1.35. The van der Waals surface area contributed by atoms with Crippen LogP contribution in [-0.2, 0) is 18.5 Å². The molecular formula is C17H25ClIN5O. The molecule has 0 spiro atoms. The molecule has 2 rings (SSSR count). The van der Waals surface area contributed by atoms with E-state index in [2.05, 4.69) is 25.8 Å². The standard InChI is InChI=1S/C17H24ClN5O.HI/c1-5-19-16(20-10-12-6-8-13(18)9-7-12)21-11-14-22-15(24-23-14)17(2,3)4;/h6-9H,5,10-11H2,1-4H3,(H2,19,20,21);1H. The molecule has 0 saturated carbocycles. The lowest BCUT2D eigenvalue weighted by Gasteiger charge is -2.11. The number of benzene rings is 1. The van der Waals surface area contributed by atoms with Gasteiger partial charge in [-0.2, -0.15) is 4.98 Å². The first-order valence-electron chi connectivity index (χ1n) is 7.98. The number of rotatable bonds is 5. The van der Waals surface area contributed by atoms with Gasteiger partial charge in [0.2, 0.25) is 5.89 Å². The highest BCUT2D eigenvalue weighted by Gasteiger charge is 2.21. The van der Waals surface area contributed by atoms with Gasteiger partial charge in [0.15, 0.2) is 11.8 Å². The topological polar surface area (TPSA) is 75.3 Å². The van der Waals surface area contributed by atoms with Crippen LogP contribution < -0.4 is 10.6 Å². The molecule has 0 aliphatic rings. The minimum absolute atomic E-state index is 0. The van der Waals surface area contributed by atoms with Crippen molar-refractivity contribution in [2.75, 3.05) is 6.54 Å². The van der Waals surface area contributed by atoms with Gasteiger partial charge in [-0.25, -0.2) is 4.99 Å². The van der Waals surface area contributed by atoms with Gasteiger partial charge in [0.1, 0.15) is 0 Å². The first-order valence-corrected chi connectivity index (χ1v) is 8.36. The Labute approximate surface area is 170 Å². The van der Waals surface area contributed by atoms with Gasteiger partial charge >= 0.3 is 0 Å². The summed E-state index contributed by atoms with van der Waals surface area (Å²) in [5.41, 5.74) is 0.935. The van der Waals surface area contributed by atoms with Crippen LogP contribution in [-0.4, -0.2) is 22.6 Å². The summed E-state index contributed by atoms with van der Waals surface area (Å²) in [6, 6.07) is 7.65. The Morgan fingerprint density at radius 1 is 1.20 bits per heavy atom. The van der Waals surface area contributed by atoms with Crippen LogP contribution in [0, 0.1) is 0 Å². The molecule has 0 radical (unpaired) electrons. The summed E-state index contributed by atoms with van der Waals surface area (Å²) >= 11 is 5.89. The van der Waals surface area contributed by atoms with Crippen LogP contribution in [0.1, 0.15) is 45.0 Å². The molecule has 2 aromatic rings. The number of aromatic nitrogens is 2. The number of hydrogen-bond donors (Lipinski definition) is 2. The van der Waals surface area contributed by atoms with Gasteiger partial charge in [0.05, 0.1) is 13.1 Å². The Morgan fingerprint density at radius 2 is 1.88 bits per heavy atom. The highest BCUT2D eigenvalue weighted by Crippen LogP contribution is 2.19. The highest BCUT2D eigenvalue weighted by molar-refractivity contribution is 14.0. The molecule has 1 aromatic heterocycles. The second kappa shape index (κ2) is 9.96. The lowest BCUT2D eigenvalue weighted by molar-refractivity contribution is 0.318. The van der Waals surface area contributed by atoms with Crippen LogP contribution >= 0.6 is 35.6 Å². The quantitative estimate of drug-likeness (QED) is 0.388. The second-order valence-corrected chi connectivity index (χ2v) is 6.88. The molecule has 2 N–H and O–H groups in total. The number of aliphatic imine (C=N–C) groups is 1. The van der Waals surface area contributed by atoms with Gasteiger partial charge in [-0.3, -0.25) is 0 Å². The largest absolute Gasteiger partial charge is 0.357 e. The van der Waals surface area contributed by atoms with Gasteiger partial charge in [-0.15, -0.1) is 24.0 Å². The molecule has 0 atom stereocenters. The van der Waals surface area contributed by atoms with E-state index in [0.717, 1.165) is 17.1 Å². The van der Waals surface area contributed by atoms with Crippen LogP contribution in [0.2, 0.25) is 5.02 Å². The molecule has 1 heterocycles. The van der Waals surface area contributed by atoms with Crippen molar-refractivity contribution < 1.29 is 4.52 Å². The van der Waals surface area contributed by atoms with Crippen LogP contribution in [0.4, 0.5) is 0 Å². The Bertz CT molecular complexity index is 679. The van der Waals surface area contributed by atoms with Crippen LogP contribution in [0.3, 0.4) is 0 Å². The van der Waals surface area contributed by atoms with Gasteiger partial charge in [0, 0.05) is 17.0 Å². The Morgan fingerprint density at radius 3 is 2.44 bits per heavy atom. The van der Waals surface area contributed by atoms with Crippen molar-refractivity contribution in [2.24, 2.45) is 4.99 Å². The van der Waals surface area contributed by atoms with E-state index in [-0.39, 0.29) is 29.4 Å². The molecule has 0 saturated heterocycles. The van der Waals surface area contributed by atoms with E-state index in [0.29, 0.717) is 30.8 Å². The summed E-state index contributed by atoms with van der Waals surface area (Å²) < 4.78 is 5.29. The monoisotopic (exact) mass is 477 g/mol.